The largest absolute Gasteiger partial charge is 0.511 e. The Labute approximate surface area is 265 Å². The van der Waals surface area contributed by atoms with Gasteiger partial charge in [0.05, 0.1) is 33.9 Å². The first-order valence-electron chi connectivity index (χ1n) is 14.3. The lowest BCUT2D eigenvalue weighted by Crippen LogP contribution is -2.29. The second-order valence-corrected chi connectivity index (χ2v) is 14.6. The fourth-order valence-electron chi connectivity index (χ4n) is 5.63. The number of Topliss-reactive ketones (excluding diaryl/α,β-unsaturated/α-hetero) is 2. The Morgan fingerprint density at radius 3 is 1.29 bits per heavy atom. The van der Waals surface area contributed by atoms with Gasteiger partial charge in [0.1, 0.15) is 11.5 Å². The smallest absolute Gasteiger partial charge is 0.168 e. The van der Waals surface area contributed by atoms with Crippen LogP contribution in [-0.2, 0) is 9.59 Å². The lowest BCUT2D eigenvalue weighted by Gasteiger charge is -2.30. The zero-order chi connectivity index (χ0) is 30.7. The van der Waals surface area contributed by atoms with Crippen molar-refractivity contribution in [3.05, 3.63) is 80.1 Å². The maximum absolute atomic E-state index is 13.2. The van der Waals surface area contributed by atoms with E-state index in [9.17, 15) is 19.8 Å². The summed E-state index contributed by atoms with van der Waals surface area (Å²) in [6, 6.07) is 15.0. The van der Waals surface area contributed by atoms with Crippen LogP contribution in [0.1, 0.15) is 79.1 Å². The summed E-state index contributed by atoms with van der Waals surface area (Å²) in [4.78, 5) is 36.0. The normalized spacial score (nSPS) is 19.5. The van der Waals surface area contributed by atoms with Crippen LogP contribution in [0.2, 0.25) is 0 Å². The van der Waals surface area contributed by atoms with Gasteiger partial charge in [-0.05, 0) is 85.0 Å². The molecular weight excluding hydrogens is 660 g/mol. The molecule has 6 nitrogen and oxygen atoms in total. The molecule has 0 bridgehead atoms. The number of allylic oxidation sites excluding steroid dienone is 4. The molecule has 4 rings (SSSR count). The van der Waals surface area contributed by atoms with Crippen molar-refractivity contribution in [2.24, 2.45) is 20.8 Å². The second-order valence-electron chi connectivity index (χ2n) is 12.8. The number of halogens is 2. The van der Waals surface area contributed by atoms with Gasteiger partial charge in [0, 0.05) is 34.6 Å². The van der Waals surface area contributed by atoms with Crippen molar-refractivity contribution in [2.45, 2.75) is 79.1 Å². The van der Waals surface area contributed by atoms with Gasteiger partial charge in [0.2, 0.25) is 0 Å². The van der Waals surface area contributed by atoms with E-state index in [0.717, 1.165) is 8.95 Å². The Morgan fingerprint density at radius 1 is 0.643 bits per heavy atom. The Morgan fingerprint density at radius 2 is 0.976 bits per heavy atom. The van der Waals surface area contributed by atoms with Gasteiger partial charge < -0.3 is 10.2 Å². The van der Waals surface area contributed by atoms with Gasteiger partial charge in [-0.25, -0.2) is 0 Å². The van der Waals surface area contributed by atoms with E-state index in [4.69, 9.17) is 9.98 Å². The predicted molar refractivity (Wildman–Crippen MR) is 176 cm³/mol. The molecule has 0 fully saturated rings. The van der Waals surface area contributed by atoms with Crippen molar-refractivity contribution in [1.82, 2.24) is 0 Å². The first-order chi connectivity index (χ1) is 19.7. The molecule has 0 aliphatic heterocycles. The molecule has 0 spiro atoms. The summed E-state index contributed by atoms with van der Waals surface area (Å²) < 4.78 is 1.85. The van der Waals surface area contributed by atoms with E-state index in [0.29, 0.717) is 85.3 Å². The third kappa shape index (κ3) is 8.38. The van der Waals surface area contributed by atoms with Crippen LogP contribution in [0.4, 0.5) is 11.4 Å². The number of aliphatic imine (C=N–C) groups is 2. The minimum absolute atomic E-state index is 0.0927. The minimum atomic E-state index is -0.303. The van der Waals surface area contributed by atoms with Gasteiger partial charge in [-0.3, -0.25) is 19.6 Å². The third-order valence-electron chi connectivity index (χ3n) is 7.54. The van der Waals surface area contributed by atoms with Crippen molar-refractivity contribution in [3.8, 4) is 0 Å². The van der Waals surface area contributed by atoms with E-state index in [1.165, 1.54) is 0 Å². The number of carbonyl (C=O) groups excluding carboxylic acids is 2. The fourth-order valence-corrected chi connectivity index (χ4v) is 6.16. The Hall–Kier alpha value is -2.84. The van der Waals surface area contributed by atoms with Crippen molar-refractivity contribution in [3.63, 3.8) is 0 Å². The van der Waals surface area contributed by atoms with Crippen molar-refractivity contribution >= 4 is 66.2 Å². The monoisotopic (exact) mass is 696 g/mol. The highest BCUT2D eigenvalue weighted by Crippen LogP contribution is 2.39. The van der Waals surface area contributed by atoms with Gasteiger partial charge >= 0.3 is 0 Å². The molecule has 2 aromatic carbocycles. The number of rotatable bonds is 9. The number of unbranched alkanes of at least 4 members (excludes halogenated alkanes) is 1. The van der Waals surface area contributed by atoms with Gasteiger partial charge in [0.25, 0.3) is 0 Å². The number of carbonyl (C=O) groups is 2. The molecule has 0 atom stereocenters. The molecule has 2 aliphatic rings. The summed E-state index contributed by atoms with van der Waals surface area (Å²) in [5.74, 6) is -0.00427. The summed E-state index contributed by atoms with van der Waals surface area (Å²) in [6.45, 7) is 7.92. The number of aliphatic hydroxyl groups excluding tert-OH is 2. The summed E-state index contributed by atoms with van der Waals surface area (Å²) in [5.41, 5.74) is 2.59. The number of nitrogens with zero attached hydrogens (tertiary/aromatic N) is 2. The molecule has 0 aromatic heterocycles. The van der Waals surface area contributed by atoms with Crippen LogP contribution < -0.4 is 0 Å². The number of hydrogen-bond donors (Lipinski definition) is 2. The van der Waals surface area contributed by atoms with Crippen LogP contribution >= 0.6 is 31.9 Å². The van der Waals surface area contributed by atoms with Gasteiger partial charge in [0.15, 0.2) is 11.6 Å². The minimum Gasteiger partial charge on any atom is -0.511 e. The summed E-state index contributed by atoms with van der Waals surface area (Å²) in [7, 11) is 0. The molecular formula is C34H38Br2N2O4. The number of hydrogen-bond acceptors (Lipinski definition) is 6. The zero-order valence-electron chi connectivity index (χ0n) is 24.6. The zero-order valence-corrected chi connectivity index (χ0v) is 27.8. The number of benzene rings is 2. The van der Waals surface area contributed by atoms with E-state index in [2.05, 4.69) is 31.9 Å². The van der Waals surface area contributed by atoms with Crippen molar-refractivity contribution < 1.29 is 19.8 Å². The van der Waals surface area contributed by atoms with Crippen molar-refractivity contribution in [1.29, 1.82) is 0 Å². The van der Waals surface area contributed by atoms with Crippen LogP contribution in [0.3, 0.4) is 0 Å². The standard InChI is InChI=1S/C34H38Br2N2O4/c1-33(2)17-27(39)31(28(40)18-33)25(37-23-13-9-21(35)10-14-23)7-5-6-8-26(38-24-15-11-22(36)12-16-24)32-29(41)19-34(3,4)20-30(32)42/h9-16,39,41H,5-8,17-20H2,1-4H3. The van der Waals surface area contributed by atoms with E-state index in [-0.39, 0.29) is 33.9 Å². The van der Waals surface area contributed by atoms with Gasteiger partial charge in [-0.15, -0.1) is 0 Å². The first-order valence-corrected chi connectivity index (χ1v) is 15.9. The average molecular weight is 698 g/mol. The van der Waals surface area contributed by atoms with E-state index in [1.54, 1.807) is 0 Å². The van der Waals surface area contributed by atoms with Crippen LogP contribution in [0.25, 0.3) is 0 Å². The Bertz CT molecular complexity index is 1370. The molecule has 0 amide bonds. The maximum Gasteiger partial charge on any atom is 0.168 e. The Balaban J connectivity index is 1.60. The highest BCUT2D eigenvalue weighted by atomic mass is 79.9. The number of ketones is 2. The lowest BCUT2D eigenvalue weighted by atomic mass is 9.75. The number of aliphatic hydroxyl groups is 2. The quantitative estimate of drug-likeness (QED) is 0.201. The van der Waals surface area contributed by atoms with Crippen LogP contribution in [-0.4, -0.2) is 33.2 Å². The molecule has 2 aliphatic carbocycles. The van der Waals surface area contributed by atoms with Crippen LogP contribution in [0.5, 0.6) is 0 Å². The van der Waals surface area contributed by atoms with Crippen LogP contribution in [0, 0.1) is 10.8 Å². The summed E-state index contributed by atoms with van der Waals surface area (Å²) >= 11 is 6.90. The molecule has 0 saturated carbocycles. The average Bonchev–Trinajstić information content (AvgIpc) is 2.86. The second kappa shape index (κ2) is 13.2. The lowest BCUT2D eigenvalue weighted by molar-refractivity contribution is -0.118. The van der Waals surface area contributed by atoms with Gasteiger partial charge in [-0.2, -0.15) is 0 Å². The highest BCUT2D eigenvalue weighted by Gasteiger charge is 2.36. The Kier molecular flexibility index (Phi) is 10.1. The molecule has 222 valence electrons. The summed E-state index contributed by atoms with van der Waals surface area (Å²) in [5, 5.41) is 21.9. The molecule has 42 heavy (non-hydrogen) atoms. The topological polar surface area (TPSA) is 99.3 Å². The molecule has 2 N–H and O–H groups in total. The molecule has 0 unspecified atom stereocenters. The SMILES string of the molecule is CC1(C)CC(=O)C(C(CCCCC(=Nc2ccc(Br)cc2)C2=C(O)CC(C)(C)CC2=O)=Nc2ccc(Br)cc2)=C(O)C1. The molecule has 8 heteroatoms. The van der Waals surface area contributed by atoms with E-state index in [1.807, 2.05) is 76.2 Å². The molecule has 0 saturated heterocycles. The van der Waals surface area contributed by atoms with E-state index < -0.39 is 0 Å². The van der Waals surface area contributed by atoms with Crippen LogP contribution in [0.15, 0.2) is 90.1 Å². The predicted octanol–water partition coefficient (Wildman–Crippen LogP) is 10.0. The van der Waals surface area contributed by atoms with Crippen molar-refractivity contribution in [2.75, 3.05) is 0 Å². The third-order valence-corrected chi connectivity index (χ3v) is 8.60. The molecule has 2 aromatic rings. The fraction of sp³-hybridized carbons (Fsp3) is 0.412. The van der Waals surface area contributed by atoms with Gasteiger partial charge in [-0.1, -0.05) is 59.6 Å². The maximum atomic E-state index is 13.2. The first kappa shape index (κ1) is 32.1. The highest BCUT2D eigenvalue weighted by molar-refractivity contribution is 9.10. The summed E-state index contributed by atoms with van der Waals surface area (Å²) in [6.07, 6.45) is 3.78. The molecule has 0 heterocycles. The molecule has 0 radical (unpaired) electrons. The van der Waals surface area contributed by atoms with E-state index >= 15 is 0 Å².